The highest BCUT2D eigenvalue weighted by Gasteiger charge is 2.46. The summed E-state index contributed by atoms with van der Waals surface area (Å²) in [6.07, 6.45) is 8.03. The number of carboxylic acid groups (broad SMARTS) is 1. The van der Waals surface area contributed by atoms with Crippen LogP contribution < -0.4 is 10.5 Å². The van der Waals surface area contributed by atoms with Crippen LogP contribution in [0.15, 0.2) is 17.2 Å². The van der Waals surface area contributed by atoms with Crippen LogP contribution in [0, 0.1) is 5.92 Å². The molecule has 108 valence electrons. The van der Waals surface area contributed by atoms with E-state index in [4.69, 9.17) is 0 Å². The molecule has 3 unspecified atom stereocenters. The smallest absolute Gasteiger partial charge is 0.326 e. The molecule has 0 aromatic carbocycles. The minimum Gasteiger partial charge on any atom is -0.480 e. The third-order valence-electron chi connectivity index (χ3n) is 4.62. The fourth-order valence-electron chi connectivity index (χ4n) is 3.65. The van der Waals surface area contributed by atoms with Crippen molar-refractivity contribution in [3.05, 3.63) is 22.7 Å². The van der Waals surface area contributed by atoms with Crippen molar-refractivity contribution in [2.45, 2.75) is 44.2 Å². The van der Waals surface area contributed by atoms with Crippen LogP contribution in [0.5, 0.6) is 0 Å². The summed E-state index contributed by atoms with van der Waals surface area (Å²) in [5, 5.41) is 9.47. The van der Waals surface area contributed by atoms with Crippen LogP contribution in [-0.2, 0) is 11.8 Å². The van der Waals surface area contributed by atoms with Crippen LogP contribution in [0.2, 0.25) is 0 Å². The van der Waals surface area contributed by atoms with Gasteiger partial charge in [0.2, 0.25) is 0 Å². The van der Waals surface area contributed by atoms with Crippen molar-refractivity contribution in [1.29, 1.82) is 0 Å². The molecule has 1 saturated carbocycles. The molecule has 2 aliphatic rings. The summed E-state index contributed by atoms with van der Waals surface area (Å²) in [5.41, 5.74) is -0.218. The SMILES string of the molecule is Cn1ccnc(N2C(C(=O)O)CC3CCCCC32)c1=O. The van der Waals surface area contributed by atoms with E-state index >= 15 is 0 Å². The summed E-state index contributed by atoms with van der Waals surface area (Å²) in [5.74, 6) is -0.194. The second-order valence-electron chi connectivity index (χ2n) is 5.78. The van der Waals surface area contributed by atoms with Gasteiger partial charge in [0, 0.05) is 25.5 Å². The van der Waals surface area contributed by atoms with Gasteiger partial charge in [-0.2, -0.15) is 0 Å². The molecule has 3 rings (SSSR count). The molecule has 1 aliphatic heterocycles. The summed E-state index contributed by atoms with van der Waals surface area (Å²) in [7, 11) is 1.66. The molecule has 3 atom stereocenters. The Hall–Kier alpha value is -1.85. The van der Waals surface area contributed by atoms with Gasteiger partial charge in [-0.15, -0.1) is 0 Å². The standard InChI is InChI=1S/C14H19N3O3/c1-16-7-6-15-12(13(16)18)17-10-5-3-2-4-9(10)8-11(17)14(19)20/h6-7,9-11H,2-5,8H2,1H3,(H,19,20). The molecule has 0 bridgehead atoms. The van der Waals surface area contributed by atoms with Crippen LogP contribution in [0.3, 0.4) is 0 Å². The lowest BCUT2D eigenvalue weighted by Crippen LogP contribution is -2.46. The molecule has 2 fully saturated rings. The van der Waals surface area contributed by atoms with Crippen molar-refractivity contribution >= 4 is 11.8 Å². The number of hydrogen-bond acceptors (Lipinski definition) is 4. The summed E-state index contributed by atoms with van der Waals surface area (Å²) in [4.78, 5) is 29.8. The van der Waals surface area contributed by atoms with Gasteiger partial charge in [0.05, 0.1) is 0 Å². The van der Waals surface area contributed by atoms with E-state index in [1.807, 2.05) is 0 Å². The molecule has 1 N–H and O–H groups in total. The molecular weight excluding hydrogens is 258 g/mol. The molecule has 1 saturated heterocycles. The van der Waals surface area contributed by atoms with Gasteiger partial charge >= 0.3 is 5.97 Å². The Labute approximate surface area is 117 Å². The van der Waals surface area contributed by atoms with Crippen LogP contribution in [0.4, 0.5) is 5.82 Å². The Morgan fingerprint density at radius 1 is 1.40 bits per heavy atom. The first-order valence-corrected chi connectivity index (χ1v) is 7.12. The summed E-state index contributed by atoms with van der Waals surface area (Å²) in [6.45, 7) is 0. The van der Waals surface area contributed by atoms with Crippen molar-refractivity contribution in [2.24, 2.45) is 13.0 Å². The molecule has 6 nitrogen and oxygen atoms in total. The average molecular weight is 277 g/mol. The van der Waals surface area contributed by atoms with E-state index in [0.29, 0.717) is 12.3 Å². The maximum atomic E-state index is 12.3. The third kappa shape index (κ3) is 1.99. The zero-order valence-electron chi connectivity index (χ0n) is 11.5. The summed E-state index contributed by atoms with van der Waals surface area (Å²) >= 11 is 0. The van der Waals surface area contributed by atoms with E-state index < -0.39 is 12.0 Å². The van der Waals surface area contributed by atoms with Crippen LogP contribution in [0.1, 0.15) is 32.1 Å². The number of anilines is 1. The van der Waals surface area contributed by atoms with Crippen molar-refractivity contribution in [3.8, 4) is 0 Å². The zero-order chi connectivity index (χ0) is 14.3. The van der Waals surface area contributed by atoms with Gasteiger partial charge in [-0.3, -0.25) is 4.79 Å². The molecule has 6 heteroatoms. The van der Waals surface area contributed by atoms with Gasteiger partial charge in [0.15, 0.2) is 5.82 Å². The molecule has 20 heavy (non-hydrogen) atoms. The number of carbonyl (C=O) groups is 1. The van der Waals surface area contributed by atoms with E-state index in [-0.39, 0.29) is 17.4 Å². The molecule has 0 spiro atoms. The molecule has 1 aliphatic carbocycles. The predicted octanol–water partition coefficient (Wildman–Crippen LogP) is 1.00. The Bertz CT molecular complexity index is 583. The number of aromatic nitrogens is 2. The Balaban J connectivity index is 2.05. The molecule has 1 aromatic rings. The number of nitrogens with zero attached hydrogens (tertiary/aromatic N) is 3. The first kappa shape index (κ1) is 13.1. The second-order valence-corrected chi connectivity index (χ2v) is 5.78. The summed E-state index contributed by atoms with van der Waals surface area (Å²) in [6, 6.07) is -0.474. The van der Waals surface area contributed by atoms with Crippen LogP contribution in [0.25, 0.3) is 0 Å². The second kappa shape index (κ2) is 4.92. The van der Waals surface area contributed by atoms with Gasteiger partial charge in [-0.05, 0) is 25.2 Å². The average Bonchev–Trinajstić information content (AvgIpc) is 2.81. The molecule has 0 radical (unpaired) electrons. The van der Waals surface area contributed by atoms with Crippen LogP contribution in [-0.4, -0.2) is 32.7 Å². The number of fused-ring (bicyclic) bond motifs is 1. The van der Waals surface area contributed by atoms with Crippen molar-refractivity contribution in [1.82, 2.24) is 9.55 Å². The zero-order valence-corrected chi connectivity index (χ0v) is 11.5. The quantitative estimate of drug-likeness (QED) is 0.873. The minimum atomic E-state index is -0.855. The first-order chi connectivity index (χ1) is 9.59. The molecular formula is C14H19N3O3. The number of aryl methyl sites for hydroxylation is 1. The van der Waals surface area contributed by atoms with E-state index in [2.05, 4.69) is 4.98 Å². The van der Waals surface area contributed by atoms with Crippen molar-refractivity contribution < 1.29 is 9.90 Å². The van der Waals surface area contributed by atoms with E-state index in [9.17, 15) is 14.7 Å². The lowest BCUT2D eigenvalue weighted by atomic mass is 9.85. The van der Waals surface area contributed by atoms with Gasteiger partial charge in [0.1, 0.15) is 6.04 Å². The fraction of sp³-hybridized carbons (Fsp3) is 0.643. The highest BCUT2D eigenvalue weighted by Crippen LogP contribution is 2.40. The van der Waals surface area contributed by atoms with E-state index in [0.717, 1.165) is 25.7 Å². The Morgan fingerprint density at radius 3 is 2.90 bits per heavy atom. The van der Waals surface area contributed by atoms with E-state index in [1.165, 1.54) is 4.57 Å². The first-order valence-electron chi connectivity index (χ1n) is 7.12. The maximum Gasteiger partial charge on any atom is 0.326 e. The lowest BCUT2D eigenvalue weighted by Gasteiger charge is -2.33. The number of hydrogen-bond donors (Lipinski definition) is 1. The third-order valence-corrected chi connectivity index (χ3v) is 4.62. The fourth-order valence-corrected chi connectivity index (χ4v) is 3.65. The summed E-state index contributed by atoms with van der Waals surface area (Å²) < 4.78 is 1.46. The van der Waals surface area contributed by atoms with E-state index in [1.54, 1.807) is 24.3 Å². The monoisotopic (exact) mass is 277 g/mol. The highest BCUT2D eigenvalue weighted by atomic mass is 16.4. The predicted molar refractivity (Wildman–Crippen MR) is 73.7 cm³/mol. The van der Waals surface area contributed by atoms with Crippen LogP contribution >= 0.6 is 0 Å². The number of rotatable bonds is 2. The maximum absolute atomic E-state index is 12.3. The van der Waals surface area contributed by atoms with Gasteiger partial charge in [-0.25, -0.2) is 9.78 Å². The van der Waals surface area contributed by atoms with Gasteiger partial charge in [0.25, 0.3) is 5.56 Å². The largest absolute Gasteiger partial charge is 0.480 e. The number of carboxylic acids is 1. The van der Waals surface area contributed by atoms with Gasteiger partial charge < -0.3 is 14.6 Å². The topological polar surface area (TPSA) is 75.4 Å². The molecule has 2 heterocycles. The Morgan fingerprint density at radius 2 is 2.15 bits per heavy atom. The molecule has 1 aromatic heterocycles. The Kier molecular flexibility index (Phi) is 3.23. The number of aliphatic carboxylic acids is 1. The van der Waals surface area contributed by atoms with Crippen molar-refractivity contribution in [2.75, 3.05) is 4.90 Å². The highest BCUT2D eigenvalue weighted by molar-refractivity contribution is 5.79. The minimum absolute atomic E-state index is 0.146. The molecule has 0 amide bonds. The lowest BCUT2D eigenvalue weighted by molar-refractivity contribution is -0.138. The van der Waals surface area contributed by atoms with Gasteiger partial charge in [-0.1, -0.05) is 12.8 Å². The normalized spacial score (nSPS) is 29.2. The van der Waals surface area contributed by atoms with Crippen molar-refractivity contribution in [3.63, 3.8) is 0 Å².